The number of piperidine rings is 1. The van der Waals surface area contributed by atoms with E-state index in [1.165, 1.54) is 6.42 Å². The van der Waals surface area contributed by atoms with E-state index in [-0.39, 0.29) is 6.10 Å². The van der Waals surface area contributed by atoms with Gasteiger partial charge in [-0.2, -0.15) is 0 Å². The van der Waals surface area contributed by atoms with Gasteiger partial charge in [-0.15, -0.1) is 0 Å². The van der Waals surface area contributed by atoms with Gasteiger partial charge in [-0.3, -0.25) is 0 Å². The minimum atomic E-state index is -0.185. The molecule has 0 bridgehead atoms. The molecule has 1 saturated heterocycles. The topological polar surface area (TPSA) is 32.7 Å². The molecule has 14 heavy (non-hydrogen) atoms. The van der Waals surface area contributed by atoms with Crippen LogP contribution in [0.15, 0.2) is 0 Å². The minimum Gasteiger partial charge on any atom is -0.393 e. The molecule has 0 aromatic rings. The number of methoxy groups -OCH3 is 1. The number of hydrogen-bond acceptors (Lipinski definition) is 3. The molecular weight excluding hydrogens is 178 g/mol. The van der Waals surface area contributed by atoms with Gasteiger partial charge in [-0.25, -0.2) is 0 Å². The van der Waals surface area contributed by atoms with E-state index in [1.54, 1.807) is 7.11 Å². The van der Waals surface area contributed by atoms with E-state index in [0.717, 1.165) is 26.1 Å². The van der Waals surface area contributed by atoms with Gasteiger partial charge < -0.3 is 14.7 Å². The molecule has 1 aliphatic rings. The molecule has 1 N–H and O–H groups in total. The summed E-state index contributed by atoms with van der Waals surface area (Å²) in [5.41, 5.74) is 0. The molecule has 3 heteroatoms. The predicted octanol–water partition coefficient (Wildman–Crippen LogP) is 1.11. The highest BCUT2D eigenvalue weighted by atomic mass is 16.5. The van der Waals surface area contributed by atoms with Gasteiger partial charge in [0.05, 0.1) is 12.2 Å². The summed E-state index contributed by atoms with van der Waals surface area (Å²) >= 11 is 0. The van der Waals surface area contributed by atoms with Crippen LogP contribution in [0.5, 0.6) is 0 Å². The Kier molecular flexibility index (Phi) is 4.85. The molecule has 0 amide bonds. The number of nitrogens with zero attached hydrogens (tertiary/aromatic N) is 1. The Morgan fingerprint density at radius 2 is 2.29 bits per heavy atom. The molecule has 0 spiro atoms. The fourth-order valence-corrected chi connectivity index (χ4v) is 1.98. The van der Waals surface area contributed by atoms with E-state index in [0.29, 0.717) is 12.0 Å². The molecule has 3 atom stereocenters. The third kappa shape index (κ3) is 3.56. The average molecular weight is 201 g/mol. The lowest BCUT2D eigenvalue weighted by Gasteiger charge is -2.36. The Balaban J connectivity index is 2.27. The molecule has 0 radical (unpaired) electrons. The van der Waals surface area contributed by atoms with Crippen LogP contribution in [0.4, 0.5) is 0 Å². The van der Waals surface area contributed by atoms with Gasteiger partial charge in [0, 0.05) is 20.2 Å². The van der Waals surface area contributed by atoms with Crippen molar-refractivity contribution < 1.29 is 9.84 Å². The van der Waals surface area contributed by atoms with Crippen molar-refractivity contribution in [2.45, 2.75) is 38.9 Å². The van der Waals surface area contributed by atoms with Crippen LogP contribution >= 0.6 is 0 Å². The largest absolute Gasteiger partial charge is 0.393 e. The summed E-state index contributed by atoms with van der Waals surface area (Å²) in [6.07, 6.45) is 2.26. The van der Waals surface area contributed by atoms with Gasteiger partial charge in [0.25, 0.3) is 0 Å². The first kappa shape index (κ1) is 12.0. The first-order chi connectivity index (χ1) is 6.63. The molecule has 0 saturated carbocycles. The van der Waals surface area contributed by atoms with E-state index in [4.69, 9.17) is 4.74 Å². The van der Waals surface area contributed by atoms with Gasteiger partial charge in [0.15, 0.2) is 0 Å². The van der Waals surface area contributed by atoms with Crippen molar-refractivity contribution in [1.82, 2.24) is 4.90 Å². The summed E-state index contributed by atoms with van der Waals surface area (Å²) in [6.45, 7) is 7.25. The van der Waals surface area contributed by atoms with Gasteiger partial charge >= 0.3 is 0 Å². The van der Waals surface area contributed by atoms with Crippen molar-refractivity contribution in [2.75, 3.05) is 26.7 Å². The lowest BCUT2D eigenvalue weighted by molar-refractivity contribution is -0.00806. The summed E-state index contributed by atoms with van der Waals surface area (Å²) in [4.78, 5) is 2.39. The van der Waals surface area contributed by atoms with Crippen LogP contribution in [0.1, 0.15) is 26.7 Å². The summed E-state index contributed by atoms with van der Waals surface area (Å²) in [6, 6.07) is 0. The number of ether oxygens (including phenoxy) is 1. The van der Waals surface area contributed by atoms with Crippen LogP contribution in [0.3, 0.4) is 0 Å². The number of aliphatic hydroxyl groups is 1. The smallest absolute Gasteiger partial charge is 0.0724 e. The molecule has 84 valence electrons. The Morgan fingerprint density at radius 3 is 2.86 bits per heavy atom. The number of aliphatic hydroxyl groups excluding tert-OH is 1. The van der Waals surface area contributed by atoms with E-state index in [9.17, 15) is 5.11 Å². The summed E-state index contributed by atoms with van der Waals surface area (Å²) in [5.74, 6) is 0.669. The lowest BCUT2D eigenvalue weighted by atomic mass is 9.95. The molecule has 1 fully saturated rings. The molecule has 1 rings (SSSR count). The lowest BCUT2D eigenvalue weighted by Crippen LogP contribution is -2.44. The van der Waals surface area contributed by atoms with E-state index < -0.39 is 0 Å². The van der Waals surface area contributed by atoms with Crippen LogP contribution in [-0.2, 0) is 4.74 Å². The molecule has 1 aliphatic heterocycles. The quantitative estimate of drug-likeness (QED) is 0.739. The standard InChI is InChI=1S/C11H23NO2/c1-9-4-6-12(7-5-10(2)13)8-11(9)14-3/h9-11,13H,4-8H2,1-3H3. The fourth-order valence-electron chi connectivity index (χ4n) is 1.98. The Hall–Kier alpha value is -0.120. The van der Waals surface area contributed by atoms with E-state index >= 15 is 0 Å². The zero-order valence-electron chi connectivity index (χ0n) is 9.57. The van der Waals surface area contributed by atoms with Crippen molar-refractivity contribution in [3.05, 3.63) is 0 Å². The maximum atomic E-state index is 9.20. The van der Waals surface area contributed by atoms with Crippen molar-refractivity contribution >= 4 is 0 Å². The Bertz CT molecular complexity index is 161. The van der Waals surface area contributed by atoms with Gasteiger partial charge in [-0.1, -0.05) is 6.92 Å². The first-order valence-corrected chi connectivity index (χ1v) is 5.56. The van der Waals surface area contributed by atoms with Crippen molar-refractivity contribution in [2.24, 2.45) is 5.92 Å². The molecule has 0 aromatic heterocycles. The van der Waals surface area contributed by atoms with Crippen LogP contribution in [0.25, 0.3) is 0 Å². The zero-order chi connectivity index (χ0) is 10.6. The summed E-state index contributed by atoms with van der Waals surface area (Å²) in [7, 11) is 1.79. The fraction of sp³-hybridized carbons (Fsp3) is 1.00. The van der Waals surface area contributed by atoms with Gasteiger partial charge in [-0.05, 0) is 32.2 Å². The van der Waals surface area contributed by atoms with Crippen LogP contribution in [0, 0.1) is 5.92 Å². The maximum Gasteiger partial charge on any atom is 0.0724 e. The number of rotatable bonds is 4. The molecule has 1 heterocycles. The highest BCUT2D eigenvalue weighted by Crippen LogP contribution is 2.19. The maximum absolute atomic E-state index is 9.20. The second-order valence-corrected chi connectivity index (χ2v) is 4.48. The predicted molar refractivity (Wildman–Crippen MR) is 57.3 cm³/mol. The van der Waals surface area contributed by atoms with Crippen LogP contribution in [-0.4, -0.2) is 49.0 Å². The monoisotopic (exact) mass is 201 g/mol. The summed E-state index contributed by atoms with van der Waals surface area (Å²) < 4.78 is 5.44. The van der Waals surface area contributed by atoms with Crippen LogP contribution < -0.4 is 0 Å². The van der Waals surface area contributed by atoms with Crippen molar-refractivity contribution in [3.63, 3.8) is 0 Å². The highest BCUT2D eigenvalue weighted by Gasteiger charge is 2.25. The van der Waals surface area contributed by atoms with Gasteiger partial charge in [0.2, 0.25) is 0 Å². The Labute approximate surface area is 87.1 Å². The molecule has 0 aliphatic carbocycles. The normalized spacial score (nSPS) is 31.7. The molecular formula is C11H23NO2. The average Bonchev–Trinajstić information content (AvgIpc) is 2.16. The number of hydrogen-bond donors (Lipinski definition) is 1. The van der Waals surface area contributed by atoms with Crippen molar-refractivity contribution in [1.29, 1.82) is 0 Å². The molecule has 3 nitrogen and oxygen atoms in total. The SMILES string of the molecule is COC1CN(CCC(C)O)CCC1C. The third-order valence-corrected chi connectivity index (χ3v) is 3.14. The number of likely N-dealkylation sites (tertiary alicyclic amines) is 1. The summed E-state index contributed by atoms with van der Waals surface area (Å²) in [5, 5.41) is 9.20. The molecule has 0 aromatic carbocycles. The minimum absolute atomic E-state index is 0.185. The van der Waals surface area contributed by atoms with Crippen molar-refractivity contribution in [3.8, 4) is 0 Å². The van der Waals surface area contributed by atoms with E-state index in [2.05, 4.69) is 11.8 Å². The van der Waals surface area contributed by atoms with Crippen LogP contribution in [0.2, 0.25) is 0 Å². The van der Waals surface area contributed by atoms with E-state index in [1.807, 2.05) is 6.92 Å². The Morgan fingerprint density at radius 1 is 1.57 bits per heavy atom. The third-order valence-electron chi connectivity index (χ3n) is 3.14. The molecule has 3 unspecified atom stereocenters. The van der Waals surface area contributed by atoms with Gasteiger partial charge in [0.1, 0.15) is 0 Å². The first-order valence-electron chi connectivity index (χ1n) is 5.56. The highest BCUT2D eigenvalue weighted by molar-refractivity contribution is 4.78. The second kappa shape index (κ2) is 5.69. The second-order valence-electron chi connectivity index (χ2n) is 4.48. The zero-order valence-corrected chi connectivity index (χ0v) is 9.57.